The van der Waals surface area contributed by atoms with Gasteiger partial charge in [0, 0.05) is 29.9 Å². The van der Waals surface area contributed by atoms with E-state index in [0.29, 0.717) is 19.1 Å². The van der Waals surface area contributed by atoms with Crippen LogP contribution >= 0.6 is 11.8 Å². The van der Waals surface area contributed by atoms with Crippen molar-refractivity contribution in [1.29, 1.82) is 0 Å². The Bertz CT molecular complexity index is 635. The second-order valence-electron chi connectivity index (χ2n) is 6.17. The van der Waals surface area contributed by atoms with Gasteiger partial charge in [0.05, 0.1) is 12.5 Å². The molecule has 3 rings (SSSR count). The van der Waals surface area contributed by atoms with Crippen molar-refractivity contribution in [3.63, 3.8) is 0 Å². The van der Waals surface area contributed by atoms with Crippen LogP contribution in [0.15, 0.2) is 47.6 Å². The van der Waals surface area contributed by atoms with Crippen molar-refractivity contribution in [1.82, 2.24) is 14.7 Å². The molecule has 1 heterocycles. The Hall–Kier alpha value is -1.75. The molecular weight excluding hydrogens is 306 g/mol. The zero-order valence-corrected chi connectivity index (χ0v) is 14.5. The van der Waals surface area contributed by atoms with Gasteiger partial charge in [0.25, 0.3) is 0 Å². The molecule has 1 aromatic heterocycles. The van der Waals surface area contributed by atoms with Gasteiger partial charge in [-0.25, -0.2) is 0 Å². The molecule has 0 radical (unpaired) electrons. The number of carbonyl (C=O) groups excluding carboxylic acids is 1. The van der Waals surface area contributed by atoms with Gasteiger partial charge in [-0.05, 0) is 42.9 Å². The molecule has 1 aliphatic rings. The van der Waals surface area contributed by atoms with Gasteiger partial charge in [0.1, 0.15) is 0 Å². The van der Waals surface area contributed by atoms with E-state index in [1.54, 1.807) is 18.0 Å². The lowest BCUT2D eigenvalue weighted by Gasteiger charge is -2.26. The van der Waals surface area contributed by atoms with E-state index >= 15 is 0 Å². The van der Waals surface area contributed by atoms with Crippen LogP contribution in [0.1, 0.15) is 25.3 Å². The summed E-state index contributed by atoms with van der Waals surface area (Å²) in [5.41, 5.74) is 1.20. The molecule has 0 aliphatic heterocycles. The minimum Gasteiger partial charge on any atom is -0.335 e. The van der Waals surface area contributed by atoms with Gasteiger partial charge in [0.2, 0.25) is 5.91 Å². The number of amides is 1. The fourth-order valence-electron chi connectivity index (χ4n) is 2.75. The molecule has 1 aliphatic carbocycles. The van der Waals surface area contributed by atoms with Crippen molar-refractivity contribution >= 4 is 17.7 Å². The van der Waals surface area contributed by atoms with Gasteiger partial charge < -0.3 is 4.90 Å². The Morgan fingerprint density at radius 2 is 2.13 bits per heavy atom. The lowest BCUT2D eigenvalue weighted by Crippen LogP contribution is -2.38. The minimum absolute atomic E-state index is 0.0547. The summed E-state index contributed by atoms with van der Waals surface area (Å²) in [5.74, 6) is 0.179. The predicted molar refractivity (Wildman–Crippen MR) is 93.2 cm³/mol. The standard InChI is InChI=1S/C18H23N3OS/c1-14(12-20-11-3-10-19-20)18(22)21(16-6-7-16)13-15-4-8-17(23-2)9-5-15/h3-5,8-11,14,16H,6-7,12-13H2,1-2H3. The molecule has 1 saturated carbocycles. The molecule has 1 fully saturated rings. The molecule has 23 heavy (non-hydrogen) atoms. The molecule has 1 atom stereocenters. The Kier molecular flexibility index (Phi) is 5.06. The van der Waals surface area contributed by atoms with Crippen LogP contribution in [-0.2, 0) is 17.9 Å². The Morgan fingerprint density at radius 3 is 2.70 bits per heavy atom. The first-order chi connectivity index (χ1) is 11.2. The average Bonchev–Trinajstić information content (AvgIpc) is 3.29. The lowest BCUT2D eigenvalue weighted by molar-refractivity contribution is -0.136. The smallest absolute Gasteiger partial charge is 0.227 e. The van der Waals surface area contributed by atoms with Crippen molar-refractivity contribution in [3.05, 3.63) is 48.3 Å². The van der Waals surface area contributed by atoms with E-state index in [1.165, 1.54) is 10.5 Å². The lowest BCUT2D eigenvalue weighted by atomic mass is 10.1. The minimum atomic E-state index is -0.0547. The highest BCUT2D eigenvalue weighted by Crippen LogP contribution is 2.30. The van der Waals surface area contributed by atoms with Gasteiger partial charge in [-0.1, -0.05) is 19.1 Å². The van der Waals surface area contributed by atoms with Crippen molar-refractivity contribution in [3.8, 4) is 0 Å². The third kappa shape index (κ3) is 4.16. The largest absolute Gasteiger partial charge is 0.335 e. The molecule has 0 N–H and O–H groups in total. The summed E-state index contributed by atoms with van der Waals surface area (Å²) < 4.78 is 1.83. The van der Waals surface area contributed by atoms with Crippen LogP contribution in [0, 0.1) is 5.92 Å². The molecule has 2 aromatic rings. The van der Waals surface area contributed by atoms with Crippen molar-refractivity contribution in [2.75, 3.05) is 6.26 Å². The second kappa shape index (κ2) is 7.21. The van der Waals surface area contributed by atoms with E-state index in [9.17, 15) is 4.79 Å². The first-order valence-corrected chi connectivity index (χ1v) is 9.30. The van der Waals surface area contributed by atoms with E-state index < -0.39 is 0 Å². The Morgan fingerprint density at radius 1 is 1.39 bits per heavy atom. The zero-order valence-electron chi connectivity index (χ0n) is 13.7. The summed E-state index contributed by atoms with van der Waals surface area (Å²) in [6.07, 6.45) is 7.99. The number of benzene rings is 1. The molecule has 1 aromatic carbocycles. The SMILES string of the molecule is CSc1ccc(CN(C(=O)C(C)Cn2cccn2)C2CC2)cc1. The summed E-state index contributed by atoms with van der Waals surface area (Å²) >= 11 is 1.74. The summed E-state index contributed by atoms with van der Waals surface area (Å²) in [4.78, 5) is 16.2. The quantitative estimate of drug-likeness (QED) is 0.731. The molecule has 4 nitrogen and oxygen atoms in total. The summed E-state index contributed by atoms with van der Waals surface area (Å²) in [7, 11) is 0. The van der Waals surface area contributed by atoms with Crippen molar-refractivity contribution in [2.24, 2.45) is 5.92 Å². The maximum Gasteiger partial charge on any atom is 0.227 e. The summed E-state index contributed by atoms with van der Waals surface area (Å²) in [6, 6.07) is 10.8. The molecule has 5 heteroatoms. The molecular formula is C18H23N3OS. The number of aromatic nitrogens is 2. The van der Waals surface area contributed by atoms with Crippen LogP contribution in [0.5, 0.6) is 0 Å². The van der Waals surface area contributed by atoms with Crippen LogP contribution in [0.4, 0.5) is 0 Å². The maximum absolute atomic E-state index is 12.9. The first kappa shape index (κ1) is 16.1. The summed E-state index contributed by atoms with van der Waals surface area (Å²) in [5, 5.41) is 4.21. The number of hydrogen-bond acceptors (Lipinski definition) is 3. The average molecular weight is 329 g/mol. The number of thioether (sulfide) groups is 1. The maximum atomic E-state index is 12.9. The number of nitrogens with zero attached hydrogens (tertiary/aromatic N) is 3. The van der Waals surface area contributed by atoms with Crippen LogP contribution in [0.2, 0.25) is 0 Å². The van der Waals surface area contributed by atoms with E-state index in [2.05, 4.69) is 40.5 Å². The van der Waals surface area contributed by atoms with Gasteiger partial charge in [0.15, 0.2) is 0 Å². The molecule has 1 unspecified atom stereocenters. The predicted octanol–water partition coefficient (Wildman–Crippen LogP) is 3.43. The van der Waals surface area contributed by atoms with Gasteiger partial charge in [-0.3, -0.25) is 9.48 Å². The number of hydrogen-bond donors (Lipinski definition) is 0. The molecule has 1 amide bonds. The third-order valence-corrected chi connectivity index (χ3v) is 4.97. The van der Waals surface area contributed by atoms with E-state index in [1.807, 2.05) is 23.9 Å². The normalized spacial score (nSPS) is 15.4. The van der Waals surface area contributed by atoms with E-state index in [4.69, 9.17) is 0 Å². The Balaban J connectivity index is 1.66. The molecule has 0 saturated heterocycles. The number of carbonyl (C=O) groups is 1. The monoisotopic (exact) mass is 329 g/mol. The number of rotatable bonds is 7. The fraction of sp³-hybridized carbons (Fsp3) is 0.444. The van der Waals surface area contributed by atoms with Crippen LogP contribution in [-0.4, -0.2) is 32.9 Å². The molecule has 0 spiro atoms. The van der Waals surface area contributed by atoms with Crippen molar-refractivity contribution in [2.45, 2.75) is 43.8 Å². The second-order valence-corrected chi connectivity index (χ2v) is 7.05. The topological polar surface area (TPSA) is 38.1 Å². The summed E-state index contributed by atoms with van der Waals surface area (Å²) in [6.45, 7) is 3.35. The van der Waals surface area contributed by atoms with Crippen molar-refractivity contribution < 1.29 is 4.79 Å². The molecule has 122 valence electrons. The van der Waals surface area contributed by atoms with E-state index in [0.717, 1.165) is 12.8 Å². The van der Waals surface area contributed by atoms with Crippen LogP contribution < -0.4 is 0 Å². The highest BCUT2D eigenvalue weighted by molar-refractivity contribution is 7.98. The molecule has 0 bridgehead atoms. The van der Waals surface area contributed by atoms with Crippen LogP contribution in [0.3, 0.4) is 0 Å². The fourth-order valence-corrected chi connectivity index (χ4v) is 3.16. The van der Waals surface area contributed by atoms with Gasteiger partial charge in [-0.15, -0.1) is 11.8 Å². The van der Waals surface area contributed by atoms with E-state index in [-0.39, 0.29) is 11.8 Å². The van der Waals surface area contributed by atoms with Gasteiger partial charge >= 0.3 is 0 Å². The highest BCUT2D eigenvalue weighted by atomic mass is 32.2. The zero-order chi connectivity index (χ0) is 16.2. The van der Waals surface area contributed by atoms with Crippen LogP contribution in [0.25, 0.3) is 0 Å². The third-order valence-electron chi connectivity index (χ3n) is 4.22. The van der Waals surface area contributed by atoms with Gasteiger partial charge in [-0.2, -0.15) is 5.10 Å². The first-order valence-electron chi connectivity index (χ1n) is 8.08. The highest BCUT2D eigenvalue weighted by Gasteiger charge is 2.34. The Labute approximate surface area is 141 Å².